The van der Waals surface area contributed by atoms with Gasteiger partial charge in [0.2, 0.25) is 0 Å². The van der Waals surface area contributed by atoms with Crippen LogP contribution in [0.3, 0.4) is 0 Å². The predicted molar refractivity (Wildman–Crippen MR) is 113 cm³/mol. The molecule has 0 aromatic carbocycles. The Morgan fingerprint density at radius 3 is 1.97 bits per heavy atom. The Hall–Kier alpha value is -0.440. The minimum Gasteiger partial charge on any atom is -0.394 e. The molecule has 0 radical (unpaired) electrons. The van der Waals surface area contributed by atoms with Gasteiger partial charge in [-0.15, -0.1) is 0 Å². The third-order valence-electron chi connectivity index (χ3n) is 6.97. The first kappa shape index (κ1) is 27.2. The van der Waals surface area contributed by atoms with E-state index in [2.05, 4.69) is 0 Å². The van der Waals surface area contributed by atoms with Gasteiger partial charge in [0.1, 0.15) is 48.8 Å². The van der Waals surface area contributed by atoms with Crippen molar-refractivity contribution in [2.24, 2.45) is 5.92 Å². The molecule has 0 bridgehead atoms. The van der Waals surface area contributed by atoms with Crippen molar-refractivity contribution >= 4 is 0 Å². The minimum atomic E-state index is -1.69. The van der Waals surface area contributed by atoms with Gasteiger partial charge in [0.05, 0.1) is 13.2 Å². The Morgan fingerprint density at radius 2 is 1.30 bits per heavy atom. The standard InChI is InChI=1S/C22H40O11/c23-10-13-15(25)16(26)18(28)22(31-13)33-20-14(11-24)32-21(19(29)17(20)27)30-9-5-4-8-12-6-2-1-3-7-12/h12-29H,1-11H2. The van der Waals surface area contributed by atoms with Crippen molar-refractivity contribution in [3.63, 3.8) is 0 Å². The van der Waals surface area contributed by atoms with Crippen LogP contribution in [0, 0.1) is 5.92 Å². The van der Waals surface area contributed by atoms with Gasteiger partial charge in [0.15, 0.2) is 12.6 Å². The van der Waals surface area contributed by atoms with Gasteiger partial charge in [-0.05, 0) is 12.3 Å². The maximum Gasteiger partial charge on any atom is 0.187 e. The normalized spacial score (nSPS) is 43.0. The summed E-state index contributed by atoms with van der Waals surface area (Å²) in [7, 11) is 0. The van der Waals surface area contributed by atoms with Crippen molar-refractivity contribution in [3.8, 4) is 0 Å². The molecule has 7 N–H and O–H groups in total. The maximum atomic E-state index is 10.6. The SMILES string of the molecule is OCC1OC(OC2C(CO)OC(OCCCCC3CCCCC3)C(O)C2O)C(O)C(O)C1O. The number of aliphatic hydroxyl groups excluding tert-OH is 7. The van der Waals surface area contributed by atoms with Gasteiger partial charge in [-0.25, -0.2) is 0 Å². The van der Waals surface area contributed by atoms with Gasteiger partial charge >= 0.3 is 0 Å². The summed E-state index contributed by atoms with van der Waals surface area (Å²) in [5.41, 5.74) is 0. The van der Waals surface area contributed by atoms with E-state index < -0.39 is 74.6 Å². The summed E-state index contributed by atoms with van der Waals surface area (Å²) in [5, 5.41) is 70.1. The van der Waals surface area contributed by atoms with E-state index in [4.69, 9.17) is 18.9 Å². The zero-order valence-corrected chi connectivity index (χ0v) is 18.9. The average Bonchev–Trinajstić information content (AvgIpc) is 2.83. The highest BCUT2D eigenvalue weighted by Gasteiger charge is 2.50. The van der Waals surface area contributed by atoms with Crippen molar-refractivity contribution in [3.05, 3.63) is 0 Å². The van der Waals surface area contributed by atoms with Crippen LogP contribution in [0.4, 0.5) is 0 Å². The summed E-state index contributed by atoms with van der Waals surface area (Å²) in [6.45, 7) is -0.887. The van der Waals surface area contributed by atoms with E-state index in [1.165, 1.54) is 32.1 Å². The third kappa shape index (κ3) is 6.83. The van der Waals surface area contributed by atoms with Crippen molar-refractivity contribution in [2.75, 3.05) is 19.8 Å². The van der Waals surface area contributed by atoms with Gasteiger partial charge in [0.25, 0.3) is 0 Å². The molecule has 0 aromatic heterocycles. The summed E-state index contributed by atoms with van der Waals surface area (Å²) in [6, 6.07) is 0. The number of unbranched alkanes of at least 4 members (excludes halogenated alkanes) is 1. The first-order valence-corrected chi connectivity index (χ1v) is 12.1. The van der Waals surface area contributed by atoms with Crippen LogP contribution >= 0.6 is 0 Å². The van der Waals surface area contributed by atoms with Crippen LogP contribution in [-0.2, 0) is 18.9 Å². The second-order valence-electron chi connectivity index (χ2n) is 9.38. The fourth-order valence-electron chi connectivity index (χ4n) is 4.90. The molecule has 10 unspecified atom stereocenters. The Morgan fingerprint density at radius 1 is 0.667 bits per heavy atom. The van der Waals surface area contributed by atoms with Crippen molar-refractivity contribution in [1.29, 1.82) is 0 Å². The number of hydrogen-bond acceptors (Lipinski definition) is 11. The van der Waals surface area contributed by atoms with Crippen LogP contribution in [0.25, 0.3) is 0 Å². The molecule has 10 atom stereocenters. The average molecular weight is 481 g/mol. The van der Waals surface area contributed by atoms with Crippen LogP contribution in [0.2, 0.25) is 0 Å². The molecule has 3 fully saturated rings. The molecule has 2 heterocycles. The third-order valence-corrected chi connectivity index (χ3v) is 6.97. The van der Waals surface area contributed by atoms with Gasteiger partial charge in [-0.3, -0.25) is 0 Å². The highest BCUT2D eigenvalue weighted by atomic mass is 16.7. The molecular formula is C22H40O11. The van der Waals surface area contributed by atoms with E-state index in [1.807, 2.05) is 0 Å². The second kappa shape index (κ2) is 13.0. The van der Waals surface area contributed by atoms with Gasteiger partial charge in [-0.2, -0.15) is 0 Å². The molecule has 0 spiro atoms. The fourth-order valence-corrected chi connectivity index (χ4v) is 4.90. The molecule has 3 aliphatic rings. The number of rotatable bonds is 10. The first-order valence-electron chi connectivity index (χ1n) is 12.1. The summed E-state index contributed by atoms with van der Waals surface area (Å²) in [4.78, 5) is 0. The topological polar surface area (TPSA) is 179 Å². The summed E-state index contributed by atoms with van der Waals surface area (Å²) in [5.74, 6) is 0.774. The first-order chi connectivity index (χ1) is 15.9. The van der Waals surface area contributed by atoms with Gasteiger partial charge < -0.3 is 54.7 Å². The van der Waals surface area contributed by atoms with E-state index in [0.717, 1.165) is 25.2 Å². The van der Waals surface area contributed by atoms with Crippen LogP contribution in [0.15, 0.2) is 0 Å². The molecule has 1 saturated carbocycles. The zero-order chi connectivity index (χ0) is 24.0. The maximum absolute atomic E-state index is 10.6. The minimum absolute atomic E-state index is 0.331. The highest BCUT2D eigenvalue weighted by Crippen LogP contribution is 2.30. The Kier molecular flexibility index (Phi) is 10.7. The van der Waals surface area contributed by atoms with E-state index >= 15 is 0 Å². The summed E-state index contributed by atoms with van der Waals surface area (Å²) in [6.07, 6.45) is -4.85. The van der Waals surface area contributed by atoms with Crippen LogP contribution in [-0.4, -0.2) is 117 Å². The van der Waals surface area contributed by atoms with Crippen LogP contribution in [0.1, 0.15) is 51.4 Å². The lowest BCUT2D eigenvalue weighted by molar-refractivity contribution is -0.359. The zero-order valence-electron chi connectivity index (χ0n) is 18.9. The van der Waals surface area contributed by atoms with Crippen molar-refractivity contribution in [2.45, 2.75) is 113 Å². The van der Waals surface area contributed by atoms with Gasteiger partial charge in [-0.1, -0.05) is 44.9 Å². The molecule has 33 heavy (non-hydrogen) atoms. The molecule has 1 aliphatic carbocycles. The molecule has 3 rings (SSSR count). The van der Waals surface area contributed by atoms with E-state index in [-0.39, 0.29) is 0 Å². The van der Waals surface area contributed by atoms with E-state index in [0.29, 0.717) is 6.61 Å². The monoisotopic (exact) mass is 480 g/mol. The predicted octanol–water partition coefficient (Wildman–Crippen LogP) is -1.62. The molecular weight excluding hydrogens is 440 g/mol. The smallest absolute Gasteiger partial charge is 0.187 e. The highest BCUT2D eigenvalue weighted by molar-refractivity contribution is 4.94. The molecule has 11 nitrogen and oxygen atoms in total. The van der Waals surface area contributed by atoms with Crippen molar-refractivity contribution in [1.82, 2.24) is 0 Å². The number of hydrogen-bond donors (Lipinski definition) is 7. The lowest BCUT2D eigenvalue weighted by Crippen LogP contribution is -2.64. The quantitative estimate of drug-likeness (QED) is 0.179. The van der Waals surface area contributed by atoms with Crippen LogP contribution in [0.5, 0.6) is 0 Å². The van der Waals surface area contributed by atoms with Gasteiger partial charge in [0, 0.05) is 6.61 Å². The Bertz CT molecular complexity index is 556. The Labute approximate surface area is 193 Å². The molecule has 11 heteroatoms. The lowest BCUT2D eigenvalue weighted by Gasteiger charge is -2.45. The summed E-state index contributed by atoms with van der Waals surface area (Å²) < 4.78 is 22.0. The van der Waals surface area contributed by atoms with E-state index in [9.17, 15) is 35.7 Å². The van der Waals surface area contributed by atoms with Crippen molar-refractivity contribution < 1.29 is 54.7 Å². The Balaban J connectivity index is 1.48. The largest absolute Gasteiger partial charge is 0.394 e. The molecule has 0 amide bonds. The molecule has 2 saturated heterocycles. The molecule has 0 aromatic rings. The second-order valence-corrected chi connectivity index (χ2v) is 9.38. The molecule has 2 aliphatic heterocycles. The van der Waals surface area contributed by atoms with Crippen LogP contribution < -0.4 is 0 Å². The lowest BCUT2D eigenvalue weighted by atomic mass is 9.86. The number of ether oxygens (including phenoxy) is 4. The summed E-state index contributed by atoms with van der Waals surface area (Å²) >= 11 is 0. The van der Waals surface area contributed by atoms with E-state index in [1.54, 1.807) is 0 Å². The molecule has 194 valence electrons. The fraction of sp³-hybridized carbons (Fsp3) is 1.00. The number of aliphatic hydroxyl groups is 7.